The van der Waals surface area contributed by atoms with Gasteiger partial charge >= 0.3 is 0 Å². The van der Waals surface area contributed by atoms with E-state index in [9.17, 15) is 9.59 Å². The summed E-state index contributed by atoms with van der Waals surface area (Å²) in [6, 6.07) is 13.7. The summed E-state index contributed by atoms with van der Waals surface area (Å²) in [5.74, 6) is 0.924. The van der Waals surface area contributed by atoms with Gasteiger partial charge in [0.1, 0.15) is 5.75 Å². The second-order valence-electron chi connectivity index (χ2n) is 8.24. The van der Waals surface area contributed by atoms with Crippen molar-refractivity contribution in [2.24, 2.45) is 5.92 Å². The molecule has 3 heterocycles. The van der Waals surface area contributed by atoms with Gasteiger partial charge in [0.25, 0.3) is 0 Å². The lowest BCUT2D eigenvalue weighted by Gasteiger charge is -2.39. The number of hydrogen-bond acceptors (Lipinski definition) is 5. The number of carbonyl (C=O) groups excluding carboxylic acids is 2. The molecule has 1 aromatic carbocycles. The Kier molecular flexibility index (Phi) is 6.82. The SMILES string of the molecule is COc1ccccc1CN1C[C@H](C(=O)N2CCN(Cc3ccccn3)CC2)CCC1=O. The fourth-order valence-corrected chi connectivity index (χ4v) is 4.41. The molecular formula is C24H30N4O3. The lowest BCUT2D eigenvalue weighted by Crippen LogP contribution is -2.52. The van der Waals surface area contributed by atoms with Crippen molar-refractivity contribution in [1.82, 2.24) is 19.7 Å². The predicted octanol–water partition coefficient (Wildman–Crippen LogP) is 2.17. The fraction of sp³-hybridized carbons (Fsp3) is 0.458. The summed E-state index contributed by atoms with van der Waals surface area (Å²) in [5.41, 5.74) is 2.02. The van der Waals surface area contributed by atoms with Crippen LogP contribution in [0.2, 0.25) is 0 Å². The van der Waals surface area contributed by atoms with Crippen LogP contribution in [0.3, 0.4) is 0 Å². The van der Waals surface area contributed by atoms with Crippen LogP contribution in [0, 0.1) is 5.92 Å². The molecule has 0 unspecified atom stereocenters. The third-order valence-corrected chi connectivity index (χ3v) is 6.20. The summed E-state index contributed by atoms with van der Waals surface area (Å²) >= 11 is 0. The average molecular weight is 423 g/mol. The van der Waals surface area contributed by atoms with Crippen LogP contribution in [0.5, 0.6) is 5.75 Å². The molecule has 1 aromatic heterocycles. The van der Waals surface area contributed by atoms with Gasteiger partial charge < -0.3 is 14.5 Å². The highest BCUT2D eigenvalue weighted by Gasteiger charge is 2.34. The quantitative estimate of drug-likeness (QED) is 0.714. The van der Waals surface area contributed by atoms with Gasteiger partial charge in [0.2, 0.25) is 11.8 Å². The number of pyridine rings is 1. The number of piperazine rings is 1. The van der Waals surface area contributed by atoms with Gasteiger partial charge in [0.15, 0.2) is 0 Å². The van der Waals surface area contributed by atoms with Crippen LogP contribution in [0.25, 0.3) is 0 Å². The first-order valence-corrected chi connectivity index (χ1v) is 10.9. The number of rotatable bonds is 6. The van der Waals surface area contributed by atoms with E-state index in [1.54, 1.807) is 12.0 Å². The van der Waals surface area contributed by atoms with Crippen LogP contribution in [0.15, 0.2) is 48.7 Å². The van der Waals surface area contributed by atoms with Gasteiger partial charge in [-0.3, -0.25) is 19.5 Å². The number of benzene rings is 1. The van der Waals surface area contributed by atoms with Crippen molar-refractivity contribution in [3.8, 4) is 5.75 Å². The summed E-state index contributed by atoms with van der Waals surface area (Å²) in [4.78, 5) is 36.2. The summed E-state index contributed by atoms with van der Waals surface area (Å²) in [7, 11) is 1.64. The van der Waals surface area contributed by atoms with Crippen LogP contribution in [0.1, 0.15) is 24.1 Å². The second kappa shape index (κ2) is 9.92. The minimum Gasteiger partial charge on any atom is -0.496 e. The third kappa shape index (κ3) is 5.22. The highest BCUT2D eigenvalue weighted by atomic mass is 16.5. The lowest BCUT2D eigenvalue weighted by atomic mass is 9.95. The maximum Gasteiger partial charge on any atom is 0.227 e. The van der Waals surface area contributed by atoms with Gasteiger partial charge in [-0.05, 0) is 24.6 Å². The van der Waals surface area contributed by atoms with E-state index in [1.165, 1.54) is 0 Å². The van der Waals surface area contributed by atoms with Crippen LogP contribution in [-0.4, -0.2) is 71.3 Å². The molecule has 31 heavy (non-hydrogen) atoms. The maximum absolute atomic E-state index is 13.2. The Morgan fingerprint density at radius 3 is 2.58 bits per heavy atom. The fourth-order valence-electron chi connectivity index (χ4n) is 4.41. The van der Waals surface area contributed by atoms with Crippen LogP contribution in [0.4, 0.5) is 0 Å². The molecule has 2 aliphatic rings. The summed E-state index contributed by atoms with van der Waals surface area (Å²) in [5, 5.41) is 0. The Morgan fingerprint density at radius 1 is 1.06 bits per heavy atom. The molecule has 0 bridgehead atoms. The van der Waals surface area contributed by atoms with Crippen molar-refractivity contribution in [3.05, 3.63) is 59.9 Å². The average Bonchev–Trinajstić information content (AvgIpc) is 2.81. The van der Waals surface area contributed by atoms with Crippen LogP contribution < -0.4 is 4.74 Å². The van der Waals surface area contributed by atoms with E-state index in [0.717, 1.165) is 49.7 Å². The number of hydrogen-bond donors (Lipinski definition) is 0. The lowest BCUT2D eigenvalue weighted by molar-refractivity contribution is -0.144. The summed E-state index contributed by atoms with van der Waals surface area (Å²) in [6.07, 6.45) is 2.87. The number of piperidine rings is 1. The van der Waals surface area contributed by atoms with E-state index in [4.69, 9.17) is 4.74 Å². The zero-order valence-electron chi connectivity index (χ0n) is 18.1. The molecule has 7 nitrogen and oxygen atoms in total. The molecule has 4 rings (SSSR count). The van der Waals surface area contributed by atoms with Gasteiger partial charge in [0, 0.05) is 64.0 Å². The van der Waals surface area contributed by atoms with Crippen LogP contribution >= 0.6 is 0 Å². The molecule has 0 saturated carbocycles. The topological polar surface area (TPSA) is 66.0 Å². The Morgan fingerprint density at radius 2 is 1.84 bits per heavy atom. The molecule has 2 amide bonds. The first kappa shape index (κ1) is 21.3. The number of aromatic nitrogens is 1. The third-order valence-electron chi connectivity index (χ3n) is 6.20. The molecule has 2 aliphatic heterocycles. The highest BCUT2D eigenvalue weighted by molar-refractivity contribution is 5.84. The van der Waals surface area contributed by atoms with Crippen molar-refractivity contribution in [1.29, 1.82) is 0 Å². The van der Waals surface area contributed by atoms with Crippen molar-refractivity contribution in [2.75, 3.05) is 39.8 Å². The first-order chi connectivity index (χ1) is 15.1. The largest absolute Gasteiger partial charge is 0.496 e. The van der Waals surface area contributed by atoms with Gasteiger partial charge in [-0.25, -0.2) is 0 Å². The van der Waals surface area contributed by atoms with Gasteiger partial charge in [-0.2, -0.15) is 0 Å². The van der Waals surface area contributed by atoms with E-state index in [-0.39, 0.29) is 17.7 Å². The smallest absolute Gasteiger partial charge is 0.227 e. The molecule has 0 N–H and O–H groups in total. The molecule has 2 saturated heterocycles. The molecule has 2 aromatic rings. The monoisotopic (exact) mass is 422 g/mol. The van der Waals surface area contributed by atoms with Gasteiger partial charge in [-0.15, -0.1) is 0 Å². The Balaban J connectivity index is 1.32. The number of amides is 2. The van der Waals surface area contributed by atoms with E-state index in [2.05, 4.69) is 9.88 Å². The predicted molar refractivity (Wildman–Crippen MR) is 117 cm³/mol. The van der Waals surface area contributed by atoms with E-state index >= 15 is 0 Å². The highest BCUT2D eigenvalue weighted by Crippen LogP contribution is 2.25. The Labute approximate surface area is 183 Å². The minimum atomic E-state index is -0.130. The van der Waals surface area contributed by atoms with E-state index in [0.29, 0.717) is 25.9 Å². The number of ether oxygens (including phenoxy) is 1. The molecule has 0 spiro atoms. The molecular weight excluding hydrogens is 392 g/mol. The molecule has 7 heteroatoms. The van der Waals surface area contributed by atoms with Gasteiger partial charge in [0.05, 0.1) is 18.7 Å². The standard InChI is InChI=1S/C24H30N4O3/c1-31-22-8-3-2-6-19(22)16-28-17-20(9-10-23(28)29)24(30)27-14-12-26(13-15-27)18-21-7-4-5-11-25-21/h2-8,11,20H,9-10,12-18H2,1H3/t20-/m1/s1. The summed E-state index contributed by atoms with van der Waals surface area (Å²) in [6.45, 7) is 4.91. The zero-order valence-corrected chi connectivity index (χ0v) is 18.1. The van der Waals surface area contributed by atoms with Crippen molar-refractivity contribution >= 4 is 11.8 Å². The Bertz CT molecular complexity index is 897. The number of carbonyl (C=O) groups is 2. The number of para-hydroxylation sites is 1. The molecule has 164 valence electrons. The first-order valence-electron chi connectivity index (χ1n) is 10.9. The zero-order chi connectivity index (χ0) is 21.6. The maximum atomic E-state index is 13.2. The van der Waals surface area contributed by atoms with E-state index < -0.39 is 0 Å². The molecule has 1 atom stereocenters. The summed E-state index contributed by atoms with van der Waals surface area (Å²) < 4.78 is 5.42. The Hall–Kier alpha value is -2.93. The van der Waals surface area contributed by atoms with Crippen molar-refractivity contribution in [2.45, 2.75) is 25.9 Å². The number of nitrogens with zero attached hydrogens (tertiary/aromatic N) is 4. The van der Waals surface area contributed by atoms with Crippen molar-refractivity contribution < 1.29 is 14.3 Å². The second-order valence-corrected chi connectivity index (χ2v) is 8.24. The molecule has 2 fully saturated rings. The number of likely N-dealkylation sites (tertiary alicyclic amines) is 1. The number of methoxy groups -OCH3 is 1. The molecule has 0 aliphatic carbocycles. The normalized spacial score (nSPS) is 20.0. The molecule has 0 radical (unpaired) electrons. The van der Waals surface area contributed by atoms with Crippen LogP contribution in [-0.2, 0) is 22.7 Å². The minimum absolute atomic E-state index is 0.107. The van der Waals surface area contributed by atoms with Gasteiger partial charge in [-0.1, -0.05) is 24.3 Å². The van der Waals surface area contributed by atoms with E-state index in [1.807, 2.05) is 53.6 Å². The van der Waals surface area contributed by atoms with Crippen molar-refractivity contribution in [3.63, 3.8) is 0 Å².